The summed E-state index contributed by atoms with van der Waals surface area (Å²) in [4.78, 5) is 12.6. The third-order valence-corrected chi connectivity index (χ3v) is 4.42. The molecule has 0 aromatic heterocycles. The Balaban J connectivity index is 2.07. The maximum absolute atomic E-state index is 11.8. The van der Waals surface area contributed by atoms with Crippen molar-refractivity contribution in [2.75, 3.05) is 6.61 Å². The number of esters is 1. The molecule has 1 saturated carbocycles. The van der Waals surface area contributed by atoms with Gasteiger partial charge in [-0.15, -0.1) is 0 Å². The first kappa shape index (κ1) is 17.5. The minimum Gasteiger partial charge on any atom is -0.490 e. The van der Waals surface area contributed by atoms with Crippen molar-refractivity contribution in [1.82, 2.24) is 5.43 Å². The van der Waals surface area contributed by atoms with Gasteiger partial charge in [0.1, 0.15) is 10.8 Å². The number of hydrogen-bond acceptors (Lipinski definition) is 7. The lowest BCUT2D eigenvalue weighted by Gasteiger charge is -2.14. The Labute approximate surface area is 140 Å². The van der Waals surface area contributed by atoms with Crippen LogP contribution in [0.15, 0.2) is 39.9 Å². The van der Waals surface area contributed by atoms with Crippen LogP contribution >= 0.6 is 11.8 Å². The summed E-state index contributed by atoms with van der Waals surface area (Å²) in [5.41, 5.74) is 8.33. The number of rotatable bonds is 7. The molecule has 0 atom stereocenters. The first-order valence-electron chi connectivity index (χ1n) is 7.72. The molecule has 23 heavy (non-hydrogen) atoms. The molecular formula is C16H23N3O3S. The summed E-state index contributed by atoms with van der Waals surface area (Å²) in [6, 6.07) is 7.64. The van der Waals surface area contributed by atoms with Gasteiger partial charge in [-0.05, 0) is 50.8 Å². The van der Waals surface area contributed by atoms with Gasteiger partial charge in [-0.1, -0.05) is 17.8 Å². The smallest absolute Gasteiger partial charge is 0.358 e. The summed E-state index contributed by atoms with van der Waals surface area (Å²) < 4.78 is 10.9. The third-order valence-electron chi connectivity index (χ3n) is 3.51. The number of nitrogens with one attached hydrogen (secondary N) is 1. The van der Waals surface area contributed by atoms with Crippen molar-refractivity contribution in [3.63, 3.8) is 0 Å². The van der Waals surface area contributed by atoms with Gasteiger partial charge >= 0.3 is 5.97 Å². The molecule has 0 radical (unpaired) electrons. The number of hydrogen-bond donors (Lipinski definition) is 3. The second-order valence-corrected chi connectivity index (χ2v) is 6.32. The van der Waals surface area contributed by atoms with Crippen molar-refractivity contribution < 1.29 is 14.3 Å². The van der Waals surface area contributed by atoms with Gasteiger partial charge in [-0.3, -0.25) is 5.84 Å². The van der Waals surface area contributed by atoms with E-state index in [1.54, 1.807) is 6.92 Å². The van der Waals surface area contributed by atoms with E-state index in [9.17, 15) is 4.79 Å². The highest BCUT2D eigenvalue weighted by atomic mass is 32.2. The largest absolute Gasteiger partial charge is 0.490 e. The van der Waals surface area contributed by atoms with Crippen molar-refractivity contribution in [2.24, 2.45) is 11.6 Å². The molecule has 5 N–H and O–H groups in total. The molecule has 1 fully saturated rings. The lowest BCUT2D eigenvalue weighted by molar-refractivity contribution is -0.139. The lowest BCUT2D eigenvalue weighted by atomic mass is 10.3. The molecule has 0 aliphatic heterocycles. The number of carbonyl (C=O) groups excluding carboxylic acids is 1. The predicted octanol–water partition coefficient (Wildman–Crippen LogP) is 2.25. The Morgan fingerprint density at radius 3 is 2.78 bits per heavy atom. The van der Waals surface area contributed by atoms with Crippen LogP contribution in [-0.2, 0) is 9.53 Å². The first-order chi connectivity index (χ1) is 11.1. The molecule has 7 heteroatoms. The van der Waals surface area contributed by atoms with Crippen molar-refractivity contribution in [1.29, 1.82) is 0 Å². The Hall–Kier alpha value is -1.86. The van der Waals surface area contributed by atoms with Gasteiger partial charge in [0.25, 0.3) is 0 Å². The van der Waals surface area contributed by atoms with E-state index in [-0.39, 0.29) is 17.3 Å². The molecule has 1 aromatic rings. The minimum absolute atomic E-state index is 0.0546. The molecule has 1 aromatic carbocycles. The van der Waals surface area contributed by atoms with Crippen LogP contribution in [0.3, 0.4) is 0 Å². The van der Waals surface area contributed by atoms with Crippen molar-refractivity contribution in [3.8, 4) is 5.75 Å². The SMILES string of the molecule is CCOC(=O)/C(NN)=C(/N)Sc1cccc(OC2CCCC2)c1. The van der Waals surface area contributed by atoms with E-state index < -0.39 is 5.97 Å². The Morgan fingerprint density at radius 1 is 1.39 bits per heavy atom. The Kier molecular flexibility index (Phi) is 6.61. The van der Waals surface area contributed by atoms with Gasteiger partial charge in [0.15, 0.2) is 5.70 Å². The molecule has 0 amide bonds. The average Bonchev–Trinajstić information content (AvgIpc) is 3.01. The number of ether oxygens (including phenoxy) is 2. The molecule has 0 spiro atoms. The average molecular weight is 337 g/mol. The molecule has 126 valence electrons. The van der Waals surface area contributed by atoms with Gasteiger partial charge in [0.2, 0.25) is 0 Å². The van der Waals surface area contributed by atoms with Crippen molar-refractivity contribution in [2.45, 2.75) is 43.6 Å². The van der Waals surface area contributed by atoms with Gasteiger partial charge in [0.05, 0.1) is 12.7 Å². The highest BCUT2D eigenvalue weighted by Gasteiger charge is 2.17. The quantitative estimate of drug-likeness (QED) is 0.231. The second-order valence-electron chi connectivity index (χ2n) is 5.21. The summed E-state index contributed by atoms with van der Waals surface area (Å²) in [7, 11) is 0. The van der Waals surface area contributed by atoms with Crippen molar-refractivity contribution in [3.05, 3.63) is 35.0 Å². The van der Waals surface area contributed by atoms with Crippen LogP contribution in [0.5, 0.6) is 5.75 Å². The first-order valence-corrected chi connectivity index (χ1v) is 8.53. The fourth-order valence-electron chi connectivity index (χ4n) is 2.42. The molecule has 1 aliphatic carbocycles. The zero-order valence-electron chi connectivity index (χ0n) is 13.2. The maximum Gasteiger partial charge on any atom is 0.358 e. The topological polar surface area (TPSA) is 99.6 Å². The minimum atomic E-state index is -0.571. The highest BCUT2D eigenvalue weighted by Crippen LogP contribution is 2.30. The molecule has 6 nitrogen and oxygen atoms in total. The van der Waals surface area contributed by atoms with Crippen LogP contribution < -0.4 is 21.7 Å². The molecular weight excluding hydrogens is 314 g/mol. The highest BCUT2D eigenvalue weighted by molar-refractivity contribution is 8.03. The van der Waals surface area contributed by atoms with Gasteiger partial charge in [-0.2, -0.15) is 0 Å². The van der Waals surface area contributed by atoms with E-state index in [0.717, 1.165) is 23.5 Å². The zero-order chi connectivity index (χ0) is 16.7. The van der Waals surface area contributed by atoms with Crippen LogP contribution in [0.25, 0.3) is 0 Å². The summed E-state index contributed by atoms with van der Waals surface area (Å²) in [5.74, 6) is 5.61. The van der Waals surface area contributed by atoms with Gasteiger partial charge in [0, 0.05) is 4.90 Å². The normalized spacial score (nSPS) is 15.9. The number of thioether (sulfide) groups is 1. The van der Waals surface area contributed by atoms with E-state index in [4.69, 9.17) is 21.1 Å². The summed E-state index contributed by atoms with van der Waals surface area (Å²) in [6.45, 7) is 1.98. The van der Waals surface area contributed by atoms with Crippen LogP contribution in [0.4, 0.5) is 0 Å². The molecule has 0 heterocycles. The van der Waals surface area contributed by atoms with Crippen LogP contribution in [0.2, 0.25) is 0 Å². The monoisotopic (exact) mass is 337 g/mol. The second kappa shape index (κ2) is 8.69. The van der Waals surface area contributed by atoms with Gasteiger partial charge < -0.3 is 20.6 Å². The summed E-state index contributed by atoms with van der Waals surface area (Å²) >= 11 is 1.24. The number of benzene rings is 1. The zero-order valence-corrected chi connectivity index (χ0v) is 14.0. The van der Waals surface area contributed by atoms with E-state index in [2.05, 4.69) is 5.43 Å². The Bertz CT molecular complexity index is 571. The van der Waals surface area contributed by atoms with Crippen LogP contribution in [-0.4, -0.2) is 18.7 Å². The number of nitrogens with two attached hydrogens (primary N) is 2. The van der Waals surface area contributed by atoms with E-state index in [1.807, 2.05) is 24.3 Å². The lowest BCUT2D eigenvalue weighted by Crippen LogP contribution is -2.30. The fourth-order valence-corrected chi connectivity index (χ4v) is 3.24. The van der Waals surface area contributed by atoms with Crippen LogP contribution in [0.1, 0.15) is 32.6 Å². The fraction of sp³-hybridized carbons (Fsp3) is 0.438. The van der Waals surface area contributed by atoms with E-state index in [0.29, 0.717) is 6.10 Å². The molecule has 0 unspecified atom stereocenters. The van der Waals surface area contributed by atoms with E-state index in [1.165, 1.54) is 24.6 Å². The third kappa shape index (κ3) is 5.07. The molecule has 2 rings (SSSR count). The Morgan fingerprint density at radius 2 is 2.13 bits per heavy atom. The summed E-state index contributed by atoms with van der Waals surface area (Å²) in [5, 5.41) is 0.254. The predicted molar refractivity (Wildman–Crippen MR) is 90.4 cm³/mol. The van der Waals surface area contributed by atoms with E-state index >= 15 is 0 Å². The number of hydrazine groups is 1. The molecule has 0 bridgehead atoms. The van der Waals surface area contributed by atoms with Crippen molar-refractivity contribution >= 4 is 17.7 Å². The number of carbonyl (C=O) groups is 1. The molecule has 0 saturated heterocycles. The van der Waals surface area contributed by atoms with Crippen LogP contribution in [0, 0.1) is 0 Å². The summed E-state index contributed by atoms with van der Waals surface area (Å²) in [6.07, 6.45) is 4.94. The maximum atomic E-state index is 11.8. The molecule has 1 aliphatic rings. The standard InChI is InChI=1S/C16H23N3O3S/c1-2-21-16(20)14(19-18)15(17)23-13-9-5-8-12(10-13)22-11-6-3-4-7-11/h5,8-11,19H,2-4,6-7,17-18H2,1H3/b15-14+. The van der Waals surface area contributed by atoms with Gasteiger partial charge in [-0.25, -0.2) is 4.79 Å².